The van der Waals surface area contributed by atoms with Crippen LogP contribution in [-0.4, -0.2) is 15.9 Å². The van der Waals surface area contributed by atoms with Gasteiger partial charge in [0.1, 0.15) is 11.6 Å². The Hall–Kier alpha value is -2.61. The van der Waals surface area contributed by atoms with Gasteiger partial charge in [0.05, 0.1) is 17.5 Å². The molecule has 0 unspecified atom stereocenters. The zero-order valence-corrected chi connectivity index (χ0v) is 14.5. The molecule has 1 aromatic carbocycles. The van der Waals surface area contributed by atoms with Gasteiger partial charge < -0.3 is 9.73 Å². The molecule has 1 aliphatic carbocycles. The lowest BCUT2D eigenvalue weighted by Gasteiger charge is -2.01. The van der Waals surface area contributed by atoms with Crippen LogP contribution < -0.4 is 5.32 Å². The van der Waals surface area contributed by atoms with Crippen molar-refractivity contribution in [3.63, 3.8) is 0 Å². The van der Waals surface area contributed by atoms with Crippen LogP contribution in [0.4, 0.5) is 13.9 Å². The van der Waals surface area contributed by atoms with Gasteiger partial charge in [-0.15, -0.1) is 11.3 Å². The summed E-state index contributed by atoms with van der Waals surface area (Å²) >= 11 is 1.52. The highest BCUT2D eigenvalue weighted by Gasteiger charge is 2.18. The molecular weight excluding hydrogens is 360 g/mol. The number of anilines is 1. The number of nitrogens with one attached hydrogen (secondary N) is 1. The number of oxazole rings is 1. The highest BCUT2D eigenvalue weighted by molar-refractivity contribution is 7.15. The number of carbonyl (C=O) groups excluding carboxylic acids is 1. The molecule has 2 heterocycles. The Morgan fingerprint density at radius 1 is 1.31 bits per heavy atom. The van der Waals surface area contributed by atoms with Gasteiger partial charge in [0.25, 0.3) is 0 Å². The van der Waals surface area contributed by atoms with Crippen LogP contribution in [0, 0.1) is 11.6 Å². The van der Waals surface area contributed by atoms with Crippen LogP contribution >= 0.6 is 11.3 Å². The van der Waals surface area contributed by atoms with Crippen LogP contribution in [0.1, 0.15) is 29.3 Å². The van der Waals surface area contributed by atoms with Gasteiger partial charge in [-0.25, -0.2) is 18.7 Å². The largest absolute Gasteiger partial charge is 0.441 e. The van der Waals surface area contributed by atoms with Gasteiger partial charge in [-0.3, -0.25) is 4.79 Å². The average Bonchev–Trinajstić information content (AvgIpc) is 3.29. The number of aryl methyl sites for hydroxylation is 3. The molecule has 2 aromatic heterocycles. The van der Waals surface area contributed by atoms with Crippen molar-refractivity contribution in [3.05, 3.63) is 52.5 Å². The fraction of sp³-hybridized carbons (Fsp3) is 0.278. The SMILES string of the molecule is O=C(CCc1ncc(-c2ccc(F)cc2F)o1)Nc1nc2c(s1)CCC2. The van der Waals surface area contributed by atoms with E-state index < -0.39 is 11.6 Å². The van der Waals surface area contributed by atoms with E-state index in [1.54, 1.807) is 0 Å². The van der Waals surface area contributed by atoms with Crippen molar-refractivity contribution in [2.24, 2.45) is 0 Å². The second kappa shape index (κ2) is 6.95. The molecule has 8 heteroatoms. The summed E-state index contributed by atoms with van der Waals surface area (Å²) < 4.78 is 32.2. The number of carbonyl (C=O) groups is 1. The van der Waals surface area contributed by atoms with E-state index in [1.165, 1.54) is 28.5 Å². The second-order valence-corrected chi connectivity index (χ2v) is 7.12. The summed E-state index contributed by atoms with van der Waals surface area (Å²) in [6, 6.07) is 3.24. The maximum Gasteiger partial charge on any atom is 0.226 e. The lowest BCUT2D eigenvalue weighted by atomic mass is 10.2. The highest BCUT2D eigenvalue weighted by atomic mass is 32.1. The number of halogens is 2. The molecule has 1 N–H and O–H groups in total. The molecule has 4 rings (SSSR count). The van der Waals surface area contributed by atoms with Gasteiger partial charge in [-0.2, -0.15) is 0 Å². The van der Waals surface area contributed by atoms with E-state index in [0.29, 0.717) is 11.0 Å². The third-order valence-corrected chi connectivity index (χ3v) is 5.23. The fourth-order valence-corrected chi connectivity index (χ4v) is 3.95. The molecule has 0 radical (unpaired) electrons. The number of hydrogen-bond acceptors (Lipinski definition) is 5. The maximum atomic E-state index is 13.8. The van der Waals surface area contributed by atoms with E-state index in [2.05, 4.69) is 15.3 Å². The van der Waals surface area contributed by atoms with Gasteiger partial charge in [0, 0.05) is 23.8 Å². The number of thiazole rings is 1. The molecule has 5 nitrogen and oxygen atoms in total. The number of nitrogens with zero attached hydrogens (tertiary/aromatic N) is 2. The Kier molecular flexibility index (Phi) is 4.50. The molecule has 0 fully saturated rings. The van der Waals surface area contributed by atoms with E-state index in [0.717, 1.165) is 37.1 Å². The fourth-order valence-electron chi connectivity index (χ4n) is 2.89. The van der Waals surface area contributed by atoms with Gasteiger partial charge in [-0.1, -0.05) is 0 Å². The average molecular weight is 375 g/mol. The molecule has 0 saturated carbocycles. The third-order valence-electron chi connectivity index (χ3n) is 4.16. The molecule has 1 amide bonds. The van der Waals surface area contributed by atoms with Gasteiger partial charge >= 0.3 is 0 Å². The lowest BCUT2D eigenvalue weighted by Crippen LogP contribution is -2.12. The van der Waals surface area contributed by atoms with Crippen molar-refractivity contribution in [2.75, 3.05) is 5.32 Å². The molecular formula is C18H15F2N3O2S. The van der Waals surface area contributed by atoms with Gasteiger partial charge in [0.2, 0.25) is 5.91 Å². The number of benzene rings is 1. The van der Waals surface area contributed by atoms with Crippen molar-refractivity contribution in [1.29, 1.82) is 0 Å². The first-order valence-corrected chi connectivity index (χ1v) is 9.09. The normalized spacial score (nSPS) is 13.0. The monoisotopic (exact) mass is 375 g/mol. The molecule has 3 aromatic rings. The predicted octanol–water partition coefficient (Wildman–Crippen LogP) is 4.14. The van der Waals surface area contributed by atoms with Crippen LogP contribution in [0.25, 0.3) is 11.3 Å². The molecule has 0 atom stereocenters. The summed E-state index contributed by atoms with van der Waals surface area (Å²) in [5, 5.41) is 3.42. The Balaban J connectivity index is 1.36. The quantitative estimate of drug-likeness (QED) is 0.728. The summed E-state index contributed by atoms with van der Waals surface area (Å²) in [5.74, 6) is -1.03. The van der Waals surface area contributed by atoms with Crippen molar-refractivity contribution in [3.8, 4) is 11.3 Å². The number of fused-ring (bicyclic) bond motifs is 1. The molecule has 134 valence electrons. The maximum absolute atomic E-state index is 13.8. The first kappa shape index (κ1) is 16.8. The number of amides is 1. The smallest absolute Gasteiger partial charge is 0.226 e. The zero-order chi connectivity index (χ0) is 18.1. The second-order valence-electron chi connectivity index (χ2n) is 6.03. The first-order valence-electron chi connectivity index (χ1n) is 8.27. The molecule has 0 saturated heterocycles. The standard InChI is InChI=1S/C18H15F2N3O2S/c19-10-4-5-11(12(20)8-10)14-9-21-17(25-14)7-6-16(24)23-18-22-13-2-1-3-15(13)26-18/h4-5,8-9H,1-3,6-7H2,(H,22,23,24). The van der Waals surface area contributed by atoms with Crippen molar-refractivity contribution in [1.82, 2.24) is 9.97 Å². The predicted molar refractivity (Wildman–Crippen MR) is 92.9 cm³/mol. The third kappa shape index (κ3) is 3.50. The van der Waals surface area contributed by atoms with Gasteiger partial charge in [0.15, 0.2) is 16.8 Å². The van der Waals surface area contributed by atoms with Crippen LogP contribution in [0.15, 0.2) is 28.8 Å². The summed E-state index contributed by atoms with van der Waals surface area (Å²) in [7, 11) is 0. The van der Waals surface area contributed by atoms with E-state index >= 15 is 0 Å². The Morgan fingerprint density at radius 2 is 2.19 bits per heavy atom. The van der Waals surface area contributed by atoms with Crippen molar-refractivity contribution < 1.29 is 18.0 Å². The van der Waals surface area contributed by atoms with Gasteiger partial charge in [-0.05, 0) is 31.4 Å². The Labute approximate surface area is 152 Å². The minimum absolute atomic E-state index is 0.131. The summed E-state index contributed by atoms with van der Waals surface area (Å²) in [6.45, 7) is 0. The zero-order valence-electron chi connectivity index (χ0n) is 13.7. The van der Waals surface area contributed by atoms with Crippen molar-refractivity contribution >= 4 is 22.4 Å². The minimum Gasteiger partial charge on any atom is -0.441 e. The topological polar surface area (TPSA) is 68.0 Å². The van der Waals surface area contributed by atoms with Crippen LogP contribution in [0.5, 0.6) is 0 Å². The molecule has 0 spiro atoms. The highest BCUT2D eigenvalue weighted by Crippen LogP contribution is 2.30. The molecule has 0 aliphatic heterocycles. The van der Waals surface area contributed by atoms with Crippen LogP contribution in [-0.2, 0) is 24.1 Å². The van der Waals surface area contributed by atoms with E-state index in [4.69, 9.17) is 4.42 Å². The Morgan fingerprint density at radius 3 is 3.00 bits per heavy atom. The minimum atomic E-state index is -0.720. The first-order chi connectivity index (χ1) is 12.6. The summed E-state index contributed by atoms with van der Waals surface area (Å²) in [4.78, 5) is 21.8. The van der Waals surface area contributed by atoms with E-state index in [1.807, 2.05) is 0 Å². The molecule has 1 aliphatic rings. The van der Waals surface area contributed by atoms with Crippen LogP contribution in [0.2, 0.25) is 0 Å². The van der Waals surface area contributed by atoms with E-state index in [-0.39, 0.29) is 30.1 Å². The lowest BCUT2D eigenvalue weighted by molar-refractivity contribution is -0.116. The molecule has 0 bridgehead atoms. The van der Waals surface area contributed by atoms with E-state index in [9.17, 15) is 13.6 Å². The Bertz CT molecular complexity index is 946. The number of rotatable bonds is 5. The summed E-state index contributed by atoms with van der Waals surface area (Å²) in [5.41, 5.74) is 1.22. The number of hydrogen-bond donors (Lipinski definition) is 1. The van der Waals surface area contributed by atoms with Crippen LogP contribution in [0.3, 0.4) is 0 Å². The van der Waals surface area contributed by atoms with Crippen molar-refractivity contribution in [2.45, 2.75) is 32.1 Å². The summed E-state index contributed by atoms with van der Waals surface area (Å²) in [6.07, 6.45) is 4.96. The number of aromatic nitrogens is 2. The molecule has 26 heavy (non-hydrogen) atoms.